The van der Waals surface area contributed by atoms with E-state index in [1.54, 1.807) is 11.0 Å². The van der Waals surface area contributed by atoms with Gasteiger partial charge in [-0.1, -0.05) is 74.0 Å². The van der Waals surface area contributed by atoms with Crippen LogP contribution in [0.25, 0.3) is 0 Å². The number of halogens is 2. The second kappa shape index (κ2) is 13.6. The highest BCUT2D eigenvalue weighted by Gasteiger charge is 2.31. The number of carbonyl (C=O) groups excluding carboxylic acids is 2. The monoisotopic (exact) mass is 584 g/mol. The van der Waals surface area contributed by atoms with Crippen molar-refractivity contribution in [1.82, 2.24) is 10.2 Å². The van der Waals surface area contributed by atoms with Crippen LogP contribution >= 0.6 is 27.5 Å². The average Bonchev–Trinajstić information content (AvgIpc) is 2.85. The van der Waals surface area contributed by atoms with Crippen molar-refractivity contribution in [3.8, 4) is 5.75 Å². The molecule has 2 amide bonds. The van der Waals surface area contributed by atoms with Crippen molar-refractivity contribution in [3.63, 3.8) is 0 Å². The van der Waals surface area contributed by atoms with Gasteiger partial charge >= 0.3 is 0 Å². The van der Waals surface area contributed by atoms with Gasteiger partial charge in [-0.3, -0.25) is 9.59 Å². The summed E-state index contributed by atoms with van der Waals surface area (Å²) in [6.07, 6.45) is 0.373. The molecular weight excluding hydrogens is 552 g/mol. The maximum atomic E-state index is 13.7. The summed E-state index contributed by atoms with van der Waals surface area (Å²) in [4.78, 5) is 28.7. The van der Waals surface area contributed by atoms with Gasteiger partial charge in [-0.15, -0.1) is 0 Å². The van der Waals surface area contributed by atoms with E-state index in [9.17, 15) is 9.59 Å². The lowest BCUT2D eigenvalue weighted by atomic mass is 10.0. The van der Waals surface area contributed by atoms with Crippen LogP contribution in [0.2, 0.25) is 5.02 Å². The summed E-state index contributed by atoms with van der Waals surface area (Å²) in [6, 6.07) is 22.1. The molecule has 0 aromatic heterocycles. The van der Waals surface area contributed by atoms with Gasteiger partial charge in [0.2, 0.25) is 5.91 Å². The number of rotatable bonds is 11. The zero-order chi connectivity index (χ0) is 26.9. The zero-order valence-electron chi connectivity index (χ0n) is 21.7. The van der Waals surface area contributed by atoms with Crippen LogP contribution in [-0.4, -0.2) is 35.4 Å². The molecule has 0 spiro atoms. The van der Waals surface area contributed by atoms with E-state index in [0.717, 1.165) is 15.6 Å². The second-order valence-electron chi connectivity index (χ2n) is 9.65. The highest BCUT2D eigenvalue weighted by Crippen LogP contribution is 2.29. The Kier molecular flexibility index (Phi) is 10.6. The first-order chi connectivity index (χ1) is 17.6. The number of ether oxygens (including phenoxy) is 1. The number of amides is 2. The molecule has 0 aliphatic heterocycles. The van der Waals surface area contributed by atoms with Crippen molar-refractivity contribution in [2.45, 2.75) is 58.7 Å². The van der Waals surface area contributed by atoms with Crippen LogP contribution in [0, 0.1) is 0 Å². The summed E-state index contributed by atoms with van der Waals surface area (Å²) in [5.41, 5.74) is 2.96. The minimum atomic E-state index is -0.730. The van der Waals surface area contributed by atoms with E-state index in [-0.39, 0.29) is 31.0 Å². The molecule has 196 valence electrons. The van der Waals surface area contributed by atoms with E-state index in [0.29, 0.717) is 23.1 Å². The highest BCUT2D eigenvalue weighted by atomic mass is 79.9. The van der Waals surface area contributed by atoms with Gasteiger partial charge in [0.25, 0.3) is 5.91 Å². The van der Waals surface area contributed by atoms with Crippen molar-refractivity contribution in [2.24, 2.45) is 0 Å². The van der Waals surface area contributed by atoms with Gasteiger partial charge < -0.3 is 15.0 Å². The van der Waals surface area contributed by atoms with Crippen LogP contribution in [0.3, 0.4) is 0 Å². The van der Waals surface area contributed by atoms with Gasteiger partial charge in [-0.05, 0) is 76.7 Å². The largest absolute Gasteiger partial charge is 0.483 e. The minimum Gasteiger partial charge on any atom is -0.483 e. The highest BCUT2D eigenvalue weighted by molar-refractivity contribution is 9.10. The molecule has 0 saturated heterocycles. The van der Waals surface area contributed by atoms with Crippen molar-refractivity contribution in [3.05, 3.63) is 99.0 Å². The van der Waals surface area contributed by atoms with Crippen LogP contribution in [0.15, 0.2) is 77.3 Å². The lowest BCUT2D eigenvalue weighted by Crippen LogP contribution is -2.52. The molecule has 37 heavy (non-hydrogen) atoms. The molecule has 3 rings (SSSR count). The maximum Gasteiger partial charge on any atom is 0.261 e. The van der Waals surface area contributed by atoms with Crippen LogP contribution in [0.5, 0.6) is 5.75 Å². The van der Waals surface area contributed by atoms with Crippen LogP contribution < -0.4 is 10.1 Å². The molecular formula is C30H34BrClN2O3. The Hall–Kier alpha value is -2.83. The molecule has 3 aromatic carbocycles. The molecule has 7 heteroatoms. The SMILES string of the molecule is CC(C)NC(=O)[C@H](Cc1ccccc1)N(Cc1cccc(Cl)c1)C(=O)COc1ccc(C(C)C)cc1Br. The van der Waals surface area contributed by atoms with Crippen molar-refractivity contribution < 1.29 is 14.3 Å². The quantitative estimate of drug-likeness (QED) is 0.270. The summed E-state index contributed by atoms with van der Waals surface area (Å²) in [5.74, 6) is 0.446. The minimum absolute atomic E-state index is 0.0689. The first kappa shape index (κ1) is 28.7. The molecule has 3 aromatic rings. The van der Waals surface area contributed by atoms with Crippen LogP contribution in [0.1, 0.15) is 50.3 Å². The number of hydrogen-bond donors (Lipinski definition) is 1. The lowest BCUT2D eigenvalue weighted by molar-refractivity contribution is -0.143. The number of hydrogen-bond acceptors (Lipinski definition) is 3. The molecule has 0 aliphatic rings. The Labute approximate surface area is 233 Å². The standard InChI is InChI=1S/C30H34BrClN2O3/c1-20(2)24-13-14-28(26(31)17-24)37-19-29(35)34(18-23-11-8-12-25(32)15-23)27(30(36)33-21(3)4)16-22-9-6-5-7-10-22/h5-15,17,20-21,27H,16,18-19H2,1-4H3,(H,33,36)/t27-/m0/s1. The fraction of sp³-hybridized carbons (Fsp3) is 0.333. The number of carbonyl (C=O) groups is 2. The van der Waals surface area contributed by atoms with Gasteiger partial charge in [0.05, 0.1) is 4.47 Å². The molecule has 5 nitrogen and oxygen atoms in total. The van der Waals surface area contributed by atoms with E-state index >= 15 is 0 Å². The van der Waals surface area contributed by atoms with E-state index in [2.05, 4.69) is 35.1 Å². The predicted octanol–water partition coefficient (Wildman–Crippen LogP) is 6.77. The van der Waals surface area contributed by atoms with Crippen LogP contribution in [0.4, 0.5) is 0 Å². The molecule has 0 fully saturated rings. The molecule has 0 aliphatic carbocycles. The Morgan fingerprint density at radius 1 is 0.946 bits per heavy atom. The Bertz CT molecular complexity index is 1200. The topological polar surface area (TPSA) is 58.6 Å². The van der Waals surface area contributed by atoms with E-state index in [1.165, 1.54) is 5.56 Å². The Balaban J connectivity index is 1.91. The maximum absolute atomic E-state index is 13.7. The van der Waals surface area contributed by atoms with Crippen molar-refractivity contribution >= 4 is 39.3 Å². The summed E-state index contributed by atoms with van der Waals surface area (Å²) < 4.78 is 6.72. The summed E-state index contributed by atoms with van der Waals surface area (Å²) >= 11 is 9.79. The normalized spacial score (nSPS) is 11.9. The van der Waals surface area contributed by atoms with Crippen LogP contribution in [-0.2, 0) is 22.6 Å². The van der Waals surface area contributed by atoms with E-state index in [4.69, 9.17) is 16.3 Å². The Morgan fingerprint density at radius 2 is 1.65 bits per heavy atom. The molecule has 0 heterocycles. The third-order valence-electron chi connectivity index (χ3n) is 5.92. The first-order valence-electron chi connectivity index (χ1n) is 12.4. The molecule has 0 saturated carbocycles. The average molecular weight is 586 g/mol. The summed E-state index contributed by atoms with van der Waals surface area (Å²) in [7, 11) is 0. The number of nitrogens with zero attached hydrogens (tertiary/aromatic N) is 1. The Morgan fingerprint density at radius 3 is 2.27 bits per heavy atom. The molecule has 0 radical (unpaired) electrons. The molecule has 0 unspecified atom stereocenters. The van der Waals surface area contributed by atoms with E-state index in [1.807, 2.05) is 80.6 Å². The second-order valence-corrected chi connectivity index (χ2v) is 10.9. The third kappa shape index (κ3) is 8.61. The lowest BCUT2D eigenvalue weighted by Gasteiger charge is -2.32. The van der Waals surface area contributed by atoms with Gasteiger partial charge in [0.1, 0.15) is 11.8 Å². The van der Waals surface area contributed by atoms with Crippen molar-refractivity contribution in [1.29, 1.82) is 0 Å². The number of nitrogens with one attached hydrogen (secondary N) is 1. The molecule has 1 atom stereocenters. The van der Waals surface area contributed by atoms with Gasteiger partial charge in [0, 0.05) is 24.0 Å². The fourth-order valence-corrected chi connectivity index (χ4v) is 4.71. The number of benzene rings is 3. The zero-order valence-corrected chi connectivity index (χ0v) is 24.1. The smallest absolute Gasteiger partial charge is 0.261 e. The third-order valence-corrected chi connectivity index (χ3v) is 6.77. The van der Waals surface area contributed by atoms with Gasteiger partial charge in [-0.25, -0.2) is 0 Å². The van der Waals surface area contributed by atoms with E-state index < -0.39 is 6.04 Å². The molecule has 1 N–H and O–H groups in total. The van der Waals surface area contributed by atoms with Crippen molar-refractivity contribution in [2.75, 3.05) is 6.61 Å². The summed E-state index contributed by atoms with van der Waals surface area (Å²) in [6.45, 7) is 8.06. The first-order valence-corrected chi connectivity index (χ1v) is 13.6. The van der Waals surface area contributed by atoms with Gasteiger partial charge in [-0.2, -0.15) is 0 Å². The predicted molar refractivity (Wildman–Crippen MR) is 153 cm³/mol. The summed E-state index contributed by atoms with van der Waals surface area (Å²) in [5, 5.41) is 3.56. The van der Waals surface area contributed by atoms with Gasteiger partial charge in [0.15, 0.2) is 6.61 Å². The fourth-order valence-electron chi connectivity index (χ4n) is 3.98. The molecule has 0 bridgehead atoms.